The number of anilines is 1. The molecule has 1 amide bonds. The zero-order chi connectivity index (χ0) is 31.8. The molecule has 1 heterocycles. The van der Waals surface area contributed by atoms with E-state index in [2.05, 4.69) is 17.0 Å². The van der Waals surface area contributed by atoms with Gasteiger partial charge in [-0.2, -0.15) is 0 Å². The smallest absolute Gasteiger partial charge is 0.253 e. The van der Waals surface area contributed by atoms with Gasteiger partial charge in [0, 0.05) is 50.6 Å². The monoisotopic (exact) mass is 604 g/mol. The zero-order valence-electron chi connectivity index (χ0n) is 25.4. The molecule has 0 fully saturated rings. The Labute approximate surface area is 256 Å². The summed E-state index contributed by atoms with van der Waals surface area (Å²) in [6.45, 7) is 1.91. The number of aromatic hydroxyl groups is 1. The third-order valence-electron chi connectivity index (χ3n) is 9.98. The molecule has 7 N–H and O–H groups in total. The number of Topliss-reactive ketones (excluding diaryl/α,β-unsaturated/α-hetero) is 1. The van der Waals surface area contributed by atoms with E-state index in [4.69, 9.17) is 5.73 Å². The summed E-state index contributed by atoms with van der Waals surface area (Å²) in [7, 11) is 7.09. The fraction of sp³-hybridized carbons (Fsp3) is 0.455. The molecule has 0 spiro atoms. The Balaban J connectivity index is 1.44. The van der Waals surface area contributed by atoms with Crippen LogP contribution >= 0.6 is 0 Å². The Morgan fingerprint density at radius 1 is 1.07 bits per heavy atom. The molecule has 0 aromatic heterocycles. The maximum atomic E-state index is 14.3. The third-order valence-corrected chi connectivity index (χ3v) is 9.98. The number of rotatable bonds is 5. The van der Waals surface area contributed by atoms with Gasteiger partial charge in [0.05, 0.1) is 17.5 Å². The summed E-state index contributed by atoms with van der Waals surface area (Å²) in [5.74, 6) is -8.91. The van der Waals surface area contributed by atoms with Gasteiger partial charge < -0.3 is 36.2 Å². The van der Waals surface area contributed by atoms with Crippen molar-refractivity contribution in [3.63, 3.8) is 0 Å². The second-order valence-corrected chi connectivity index (χ2v) is 13.0. The molecule has 3 aliphatic carbocycles. The highest BCUT2D eigenvalue weighted by molar-refractivity contribution is 6.14. The van der Waals surface area contributed by atoms with E-state index in [0.717, 1.165) is 18.7 Å². The van der Waals surface area contributed by atoms with Crippen LogP contribution in [0.2, 0.25) is 0 Å². The Bertz CT molecular complexity index is 1630. The van der Waals surface area contributed by atoms with Crippen molar-refractivity contribution < 1.29 is 35.1 Å². The second kappa shape index (κ2) is 10.6. The molecule has 0 saturated carbocycles. The van der Waals surface area contributed by atoms with Crippen molar-refractivity contribution in [1.82, 2.24) is 9.80 Å². The summed E-state index contributed by atoms with van der Waals surface area (Å²) in [6.07, 6.45) is 1.39. The molecule has 234 valence electrons. The van der Waals surface area contributed by atoms with E-state index in [9.17, 15) is 35.1 Å². The molecule has 4 atom stereocenters. The minimum atomic E-state index is -3.01. The summed E-state index contributed by atoms with van der Waals surface area (Å²) >= 11 is 0. The van der Waals surface area contributed by atoms with Crippen LogP contribution in [0.15, 0.2) is 53.0 Å². The molecular weight excluding hydrogens is 564 g/mol. The number of carbonyl (C=O) groups excluding carboxylic acids is 2. The van der Waals surface area contributed by atoms with Crippen LogP contribution in [0, 0.1) is 17.8 Å². The topological polar surface area (TPSA) is 171 Å². The number of phenols is 1. The summed E-state index contributed by atoms with van der Waals surface area (Å²) in [4.78, 5) is 32.4. The maximum absolute atomic E-state index is 14.3. The van der Waals surface area contributed by atoms with E-state index >= 15 is 0 Å². The second-order valence-electron chi connectivity index (χ2n) is 13.0. The van der Waals surface area contributed by atoms with Gasteiger partial charge in [0.1, 0.15) is 22.8 Å². The highest BCUT2D eigenvalue weighted by Gasteiger charge is 2.60. The molecule has 11 heteroatoms. The van der Waals surface area contributed by atoms with Crippen LogP contribution in [0.1, 0.15) is 39.0 Å². The number of nitrogens with two attached hydrogens (primary N) is 1. The predicted molar refractivity (Wildman–Crippen MR) is 163 cm³/mol. The van der Waals surface area contributed by atoms with E-state index in [1.54, 1.807) is 19.0 Å². The fourth-order valence-electron chi connectivity index (χ4n) is 8.11. The molecule has 11 nitrogen and oxygen atoms in total. The first-order valence-corrected chi connectivity index (χ1v) is 14.9. The third kappa shape index (κ3) is 4.49. The van der Waals surface area contributed by atoms with Crippen molar-refractivity contribution in [2.45, 2.75) is 44.2 Å². The highest BCUT2D eigenvalue weighted by atomic mass is 16.5. The van der Waals surface area contributed by atoms with Gasteiger partial charge in [-0.05, 0) is 68.0 Å². The lowest BCUT2D eigenvalue weighted by atomic mass is 9.59. The number of fused-ring (bicyclic) bond motifs is 4. The Morgan fingerprint density at radius 2 is 1.75 bits per heavy atom. The molecule has 0 saturated heterocycles. The quantitative estimate of drug-likeness (QED) is 0.276. The lowest BCUT2D eigenvalue weighted by molar-refractivity contribution is -0.200. The molecule has 0 bridgehead atoms. The molecule has 0 radical (unpaired) electrons. The van der Waals surface area contributed by atoms with Crippen molar-refractivity contribution in [1.29, 1.82) is 0 Å². The average Bonchev–Trinajstić information content (AvgIpc) is 2.93. The van der Waals surface area contributed by atoms with Crippen molar-refractivity contribution in [2.75, 3.05) is 39.6 Å². The van der Waals surface area contributed by atoms with Gasteiger partial charge in [-0.15, -0.1) is 0 Å². The molecule has 2 aromatic rings. The van der Waals surface area contributed by atoms with E-state index in [1.165, 1.54) is 11.1 Å². The van der Waals surface area contributed by atoms with Gasteiger partial charge in [0.2, 0.25) is 5.79 Å². The van der Waals surface area contributed by atoms with Crippen LogP contribution in [0.25, 0.3) is 0 Å². The van der Waals surface area contributed by atoms with E-state index in [-0.39, 0.29) is 23.3 Å². The average molecular weight is 605 g/mol. The lowest BCUT2D eigenvalue weighted by Gasteiger charge is -2.51. The van der Waals surface area contributed by atoms with Crippen LogP contribution in [-0.4, -0.2) is 93.6 Å². The summed E-state index contributed by atoms with van der Waals surface area (Å²) < 4.78 is 0. The highest BCUT2D eigenvalue weighted by Crippen LogP contribution is 2.55. The van der Waals surface area contributed by atoms with Gasteiger partial charge >= 0.3 is 0 Å². The first kappa shape index (κ1) is 30.1. The number of nitrogens with zero attached hydrogens (tertiary/aromatic N) is 3. The molecular formula is C33H40N4O7. The van der Waals surface area contributed by atoms with Crippen molar-refractivity contribution in [3.8, 4) is 5.75 Å². The largest absolute Gasteiger partial charge is 0.511 e. The van der Waals surface area contributed by atoms with Crippen LogP contribution < -0.4 is 10.6 Å². The Morgan fingerprint density at radius 3 is 2.39 bits per heavy atom. The first-order valence-electron chi connectivity index (χ1n) is 14.9. The van der Waals surface area contributed by atoms with Crippen LogP contribution in [0.4, 0.5) is 5.69 Å². The number of aliphatic hydroxyl groups is 4. The predicted octanol–water partition coefficient (Wildman–Crippen LogP) is 1.74. The molecule has 3 unspecified atom stereocenters. The summed E-state index contributed by atoms with van der Waals surface area (Å²) in [6, 6.07) is 9.32. The molecule has 2 aromatic carbocycles. The Hall–Kier alpha value is -3.90. The number of aliphatic hydroxyl groups excluding tert-OH is 2. The van der Waals surface area contributed by atoms with Crippen LogP contribution in [-0.2, 0) is 30.7 Å². The Kier molecular flexibility index (Phi) is 7.28. The van der Waals surface area contributed by atoms with Gasteiger partial charge in [-0.1, -0.05) is 24.3 Å². The number of hydrogen-bond donors (Lipinski definition) is 6. The summed E-state index contributed by atoms with van der Waals surface area (Å²) in [5.41, 5.74) is 9.28. The number of ketones is 1. The number of benzene rings is 2. The molecule has 6 rings (SSSR count). The normalized spacial score (nSPS) is 26.2. The van der Waals surface area contributed by atoms with Crippen LogP contribution in [0.5, 0.6) is 5.75 Å². The van der Waals surface area contributed by atoms with Crippen molar-refractivity contribution in [3.05, 3.63) is 80.8 Å². The van der Waals surface area contributed by atoms with Gasteiger partial charge in [0.15, 0.2) is 5.78 Å². The summed E-state index contributed by atoms with van der Waals surface area (Å²) in [5, 5.41) is 56.8. The van der Waals surface area contributed by atoms with Gasteiger partial charge in [0.25, 0.3) is 5.91 Å². The first-order chi connectivity index (χ1) is 20.7. The fourth-order valence-corrected chi connectivity index (χ4v) is 8.11. The number of allylic oxidation sites excluding steroid dienone is 1. The van der Waals surface area contributed by atoms with E-state index in [1.807, 2.05) is 37.2 Å². The maximum Gasteiger partial charge on any atom is 0.253 e. The number of carbonyl (C=O) groups is 2. The molecule has 4 aliphatic rings. The zero-order valence-corrected chi connectivity index (χ0v) is 25.4. The van der Waals surface area contributed by atoms with E-state index < -0.39 is 58.4 Å². The number of primary amides is 1. The minimum absolute atomic E-state index is 0.0157. The number of phenolic OH excluding ortho intramolecular Hbond substituents is 1. The van der Waals surface area contributed by atoms with Crippen molar-refractivity contribution >= 4 is 17.4 Å². The number of hydrogen-bond acceptors (Lipinski definition) is 10. The molecule has 1 aliphatic heterocycles. The van der Waals surface area contributed by atoms with E-state index in [0.29, 0.717) is 30.6 Å². The van der Waals surface area contributed by atoms with Gasteiger partial charge in [-0.25, -0.2) is 0 Å². The van der Waals surface area contributed by atoms with Gasteiger partial charge in [-0.3, -0.25) is 19.4 Å². The van der Waals surface area contributed by atoms with Crippen molar-refractivity contribution in [2.24, 2.45) is 23.5 Å². The molecule has 44 heavy (non-hydrogen) atoms. The number of likely N-dealkylation sites (N-methyl/N-ethyl adjacent to an activating group) is 1. The minimum Gasteiger partial charge on any atom is -0.511 e. The number of amides is 1. The standard InChI is InChI=1S/C33H40N4O7/c1-35(2)22-13-19(15-37-10-9-16-7-5-6-8-17(16)14-37)28(38)24-20(22)11-18-12-21-25(30(40)23(18)29(24)39)33(43,44)26(32(34)42)31(41)27(21)36(3)4/h5-8,13,18,21,25,27,38,40-41,43-44H,9-12,14-15H2,1-4H3,(H2,34,42)/t18?,21?,25?,27-/m0/s1. The van der Waals surface area contributed by atoms with Crippen LogP contribution in [0.3, 0.4) is 0 Å². The SMILES string of the molecule is CN(C)c1cc(CN2CCc3ccccc3C2)c(O)c2c1CC1CC3C(C(O)=C1C2=O)C(O)(O)C(C(N)=O)=C(O)[C@H]3N(C)C. The lowest BCUT2D eigenvalue weighted by Crippen LogP contribution is -2.60.